The molecule has 3 atom stereocenters. The number of aromatic nitrogens is 2. The van der Waals surface area contributed by atoms with Crippen molar-refractivity contribution >= 4 is 17.4 Å². The molecule has 2 saturated heterocycles. The van der Waals surface area contributed by atoms with E-state index < -0.39 is 0 Å². The van der Waals surface area contributed by atoms with Crippen LogP contribution in [0, 0.1) is 11.3 Å². The van der Waals surface area contributed by atoms with Gasteiger partial charge in [-0.3, -0.25) is 9.69 Å². The van der Waals surface area contributed by atoms with Crippen molar-refractivity contribution in [2.45, 2.75) is 63.6 Å². The summed E-state index contributed by atoms with van der Waals surface area (Å²) in [7, 11) is 0. The normalized spacial score (nSPS) is 23.9. The summed E-state index contributed by atoms with van der Waals surface area (Å²) in [5, 5.41) is 9.53. The Bertz CT molecular complexity index is 1340. The molecule has 0 radical (unpaired) electrons. The average molecular weight is 572 g/mol. The van der Waals surface area contributed by atoms with Gasteiger partial charge in [-0.25, -0.2) is 0 Å². The number of hydrogen-bond acceptors (Lipinski definition) is 9. The van der Waals surface area contributed by atoms with E-state index in [1.54, 1.807) is 4.90 Å². The van der Waals surface area contributed by atoms with E-state index in [-0.39, 0.29) is 18.4 Å². The van der Waals surface area contributed by atoms with Crippen LogP contribution in [0.15, 0.2) is 36.9 Å². The lowest BCUT2D eigenvalue weighted by atomic mass is 9.90. The maximum atomic E-state index is 12.5. The number of rotatable bonds is 8. The van der Waals surface area contributed by atoms with Crippen molar-refractivity contribution in [1.29, 1.82) is 5.26 Å². The van der Waals surface area contributed by atoms with Crippen LogP contribution in [0.3, 0.4) is 0 Å². The van der Waals surface area contributed by atoms with E-state index >= 15 is 0 Å². The molecule has 10 heteroatoms. The third-order valence-corrected chi connectivity index (χ3v) is 9.29. The van der Waals surface area contributed by atoms with Crippen molar-refractivity contribution < 1.29 is 14.3 Å². The molecular weight excluding hydrogens is 530 g/mol. The highest BCUT2D eigenvalue weighted by Crippen LogP contribution is 2.38. The molecule has 2 fully saturated rings. The van der Waals surface area contributed by atoms with Crippen molar-refractivity contribution in [3.05, 3.63) is 48.2 Å². The number of nitrogens with zero attached hydrogens (tertiary/aromatic N) is 7. The number of likely N-dealkylation sites (tertiary alicyclic amines) is 1. The molecule has 4 aliphatic rings. The molecule has 1 amide bonds. The van der Waals surface area contributed by atoms with Crippen LogP contribution in [0.25, 0.3) is 0 Å². The number of carbonyl (C=O) groups excluding carboxylic acids is 1. The number of piperazine rings is 1. The Kier molecular flexibility index (Phi) is 8.47. The summed E-state index contributed by atoms with van der Waals surface area (Å²) in [6, 6.07) is 11.4. The van der Waals surface area contributed by atoms with Gasteiger partial charge in [0, 0.05) is 43.7 Å². The molecule has 0 N–H and O–H groups in total. The number of amides is 1. The Morgan fingerprint density at radius 3 is 2.90 bits per heavy atom. The van der Waals surface area contributed by atoms with Gasteiger partial charge in [0.25, 0.3) is 0 Å². The lowest BCUT2D eigenvalue weighted by Gasteiger charge is -2.43. The summed E-state index contributed by atoms with van der Waals surface area (Å²) >= 11 is 0. The Balaban J connectivity index is 1.29. The smallest absolute Gasteiger partial charge is 0.318 e. The summed E-state index contributed by atoms with van der Waals surface area (Å²) in [6.07, 6.45) is 6.56. The molecule has 1 aromatic carbocycles. The van der Waals surface area contributed by atoms with Crippen molar-refractivity contribution in [3.8, 4) is 17.8 Å². The lowest BCUT2D eigenvalue weighted by molar-refractivity contribution is -0.128. The molecule has 0 spiro atoms. The summed E-state index contributed by atoms with van der Waals surface area (Å²) in [5.74, 6) is 1.70. The number of ether oxygens (including phenoxy) is 2. The topological polar surface area (TPSA) is 98.1 Å². The van der Waals surface area contributed by atoms with Crippen LogP contribution in [-0.4, -0.2) is 96.3 Å². The van der Waals surface area contributed by atoms with E-state index in [1.165, 1.54) is 12.5 Å². The third kappa shape index (κ3) is 5.62. The predicted octanol–water partition coefficient (Wildman–Crippen LogP) is 3.21. The molecule has 3 aliphatic heterocycles. The second kappa shape index (κ2) is 12.6. The molecule has 6 rings (SSSR count). The third-order valence-electron chi connectivity index (χ3n) is 9.29. The minimum atomic E-state index is -0.220. The van der Waals surface area contributed by atoms with Gasteiger partial charge in [-0.05, 0) is 57.0 Å². The zero-order valence-corrected chi connectivity index (χ0v) is 24.6. The van der Waals surface area contributed by atoms with Gasteiger partial charge in [0.15, 0.2) is 0 Å². The van der Waals surface area contributed by atoms with Crippen LogP contribution in [0.2, 0.25) is 0 Å². The summed E-state index contributed by atoms with van der Waals surface area (Å²) in [4.78, 5) is 31.5. The lowest BCUT2D eigenvalue weighted by Crippen LogP contribution is -2.55. The SMILES string of the molecule is C=CC(=O)N1CCN(c2nc(OC[C@@H]3CCCN3CC)nc3c2CCC(N2CCOc4ccccc42)C3)C[C@@H]1CC#N. The molecule has 1 aliphatic carbocycles. The molecule has 2 aromatic rings. The van der Waals surface area contributed by atoms with Gasteiger partial charge in [0.05, 0.1) is 36.5 Å². The van der Waals surface area contributed by atoms with Crippen LogP contribution in [0.4, 0.5) is 11.5 Å². The second-order valence-corrected chi connectivity index (χ2v) is 11.6. The first kappa shape index (κ1) is 28.3. The number of anilines is 2. The van der Waals surface area contributed by atoms with Crippen molar-refractivity contribution in [2.24, 2.45) is 0 Å². The van der Waals surface area contributed by atoms with Gasteiger partial charge in [0.1, 0.15) is 24.8 Å². The van der Waals surface area contributed by atoms with Crippen LogP contribution in [0.1, 0.15) is 43.9 Å². The standard InChI is InChI=1S/C32H41N7O3/c1-3-30(40)39-17-16-37(21-24(39)13-14-33)31-26-12-11-23(38-18-19-41-29-10-6-5-9-28(29)38)20-27(26)34-32(35-31)42-22-25-8-7-15-36(25)4-2/h3,5-6,9-10,23-25H,1,4,7-8,11-13,15-22H2,2H3/t23?,24-,25-/m0/s1. The number of likely N-dealkylation sites (N-methyl/N-ethyl adjacent to an activating group) is 1. The zero-order valence-electron chi connectivity index (χ0n) is 24.6. The highest BCUT2D eigenvalue weighted by Gasteiger charge is 2.35. The Morgan fingerprint density at radius 1 is 1.19 bits per heavy atom. The first-order chi connectivity index (χ1) is 20.6. The van der Waals surface area contributed by atoms with E-state index in [1.807, 2.05) is 12.1 Å². The number of hydrogen-bond donors (Lipinski definition) is 0. The van der Waals surface area contributed by atoms with E-state index in [9.17, 15) is 10.1 Å². The van der Waals surface area contributed by atoms with Crippen molar-refractivity contribution in [3.63, 3.8) is 0 Å². The fourth-order valence-corrected chi connectivity index (χ4v) is 7.12. The van der Waals surface area contributed by atoms with E-state index in [0.29, 0.717) is 50.9 Å². The number of nitriles is 1. The minimum Gasteiger partial charge on any atom is -0.490 e. The summed E-state index contributed by atoms with van der Waals surface area (Å²) in [5.41, 5.74) is 3.34. The molecule has 222 valence electrons. The molecule has 42 heavy (non-hydrogen) atoms. The monoisotopic (exact) mass is 571 g/mol. The number of para-hydroxylation sites is 2. The first-order valence-electron chi connectivity index (χ1n) is 15.4. The fourth-order valence-electron chi connectivity index (χ4n) is 7.12. The number of carbonyl (C=O) groups is 1. The second-order valence-electron chi connectivity index (χ2n) is 11.6. The van der Waals surface area contributed by atoms with Gasteiger partial charge in [-0.15, -0.1) is 0 Å². The Labute approximate surface area is 248 Å². The van der Waals surface area contributed by atoms with Gasteiger partial charge >= 0.3 is 6.01 Å². The van der Waals surface area contributed by atoms with Crippen LogP contribution in [0.5, 0.6) is 11.8 Å². The van der Waals surface area contributed by atoms with Crippen LogP contribution < -0.4 is 19.3 Å². The van der Waals surface area contributed by atoms with Crippen molar-refractivity contribution in [2.75, 3.05) is 62.3 Å². The zero-order chi connectivity index (χ0) is 29.1. The summed E-state index contributed by atoms with van der Waals surface area (Å²) < 4.78 is 12.3. The molecule has 0 saturated carbocycles. The molecular formula is C32H41N7O3. The molecule has 1 unspecified atom stereocenters. The molecule has 0 bridgehead atoms. The Morgan fingerprint density at radius 2 is 2.07 bits per heavy atom. The minimum absolute atomic E-state index is 0.130. The predicted molar refractivity (Wildman–Crippen MR) is 161 cm³/mol. The first-order valence-corrected chi connectivity index (χ1v) is 15.4. The fraction of sp³-hybridized carbons (Fsp3) is 0.562. The van der Waals surface area contributed by atoms with Gasteiger partial charge in [0.2, 0.25) is 5.91 Å². The quantitative estimate of drug-likeness (QED) is 0.443. The van der Waals surface area contributed by atoms with E-state index in [4.69, 9.17) is 19.4 Å². The molecule has 1 aromatic heterocycles. The van der Waals surface area contributed by atoms with Gasteiger partial charge in [-0.1, -0.05) is 25.6 Å². The molecule has 4 heterocycles. The highest BCUT2D eigenvalue weighted by atomic mass is 16.5. The van der Waals surface area contributed by atoms with Gasteiger partial charge in [-0.2, -0.15) is 15.2 Å². The van der Waals surface area contributed by atoms with Crippen molar-refractivity contribution in [1.82, 2.24) is 19.8 Å². The number of benzene rings is 1. The highest BCUT2D eigenvalue weighted by molar-refractivity contribution is 5.87. The molecule has 10 nitrogen and oxygen atoms in total. The average Bonchev–Trinajstić information content (AvgIpc) is 3.50. The van der Waals surface area contributed by atoms with Gasteiger partial charge < -0.3 is 24.2 Å². The Hall–Kier alpha value is -3.84. The summed E-state index contributed by atoms with van der Waals surface area (Å²) in [6.45, 7) is 11.8. The largest absolute Gasteiger partial charge is 0.490 e. The van der Waals surface area contributed by atoms with E-state index in [0.717, 1.165) is 73.8 Å². The van der Waals surface area contributed by atoms with Crippen LogP contribution in [-0.2, 0) is 17.6 Å². The maximum absolute atomic E-state index is 12.5. The maximum Gasteiger partial charge on any atom is 0.318 e. The number of fused-ring (bicyclic) bond motifs is 2. The van der Waals surface area contributed by atoms with Crippen LogP contribution >= 0.6 is 0 Å². The van der Waals surface area contributed by atoms with E-state index in [2.05, 4.69) is 46.4 Å².